The van der Waals surface area contributed by atoms with E-state index < -0.39 is 0 Å². The van der Waals surface area contributed by atoms with Crippen LogP contribution in [0, 0.1) is 0 Å². The zero-order chi connectivity index (χ0) is 26.6. The Kier molecular flexibility index (Phi) is 7.64. The van der Waals surface area contributed by atoms with Gasteiger partial charge in [-0.2, -0.15) is 5.10 Å². The van der Waals surface area contributed by atoms with Crippen LogP contribution in [0.5, 0.6) is 11.5 Å². The van der Waals surface area contributed by atoms with Crippen molar-refractivity contribution in [2.75, 3.05) is 25.6 Å². The molecule has 0 unspecified atom stereocenters. The van der Waals surface area contributed by atoms with E-state index in [-0.39, 0.29) is 24.1 Å². The lowest BCUT2D eigenvalue weighted by Gasteiger charge is -2.08. The first-order chi connectivity index (χ1) is 18.4. The van der Waals surface area contributed by atoms with E-state index in [1.54, 1.807) is 30.0 Å². The van der Waals surface area contributed by atoms with E-state index in [0.29, 0.717) is 35.2 Å². The van der Waals surface area contributed by atoms with Gasteiger partial charge in [0, 0.05) is 16.1 Å². The summed E-state index contributed by atoms with van der Waals surface area (Å²) in [5.41, 5.74) is 3.72. The van der Waals surface area contributed by atoms with Gasteiger partial charge in [0.1, 0.15) is 23.8 Å². The topological polar surface area (TPSA) is 114 Å². The Bertz CT molecular complexity index is 1600. The molecular formula is C27H23BrClN5O4. The number of imidazole rings is 1. The van der Waals surface area contributed by atoms with Crippen LogP contribution < -0.4 is 14.8 Å². The second-order valence-electron chi connectivity index (χ2n) is 8.34. The normalized spacial score (nSPS) is 11.1. The largest absolute Gasteiger partial charge is 0.497 e. The van der Waals surface area contributed by atoms with Gasteiger partial charge in [0.05, 0.1) is 36.3 Å². The number of hydrogen-bond donors (Lipinski definition) is 3. The van der Waals surface area contributed by atoms with Crippen LogP contribution >= 0.6 is 27.5 Å². The first kappa shape index (κ1) is 25.8. The molecule has 0 spiro atoms. The number of fused-ring (bicyclic) bond motifs is 1. The van der Waals surface area contributed by atoms with Crippen molar-refractivity contribution in [2.45, 2.75) is 6.54 Å². The fourth-order valence-corrected chi connectivity index (χ4v) is 4.48. The molecule has 5 aromatic rings. The summed E-state index contributed by atoms with van der Waals surface area (Å²) in [5.74, 6) is 1.75. The highest BCUT2D eigenvalue weighted by atomic mass is 79.9. The van der Waals surface area contributed by atoms with Gasteiger partial charge in [-0.25, -0.2) is 4.98 Å². The second-order valence-corrected chi connectivity index (χ2v) is 9.66. The monoisotopic (exact) mass is 595 g/mol. The number of carbonyl (C=O) groups excluding carboxylic acids is 1. The summed E-state index contributed by atoms with van der Waals surface area (Å²) < 4.78 is 13.3. The third-order valence-corrected chi connectivity index (χ3v) is 6.53. The van der Waals surface area contributed by atoms with Crippen LogP contribution in [-0.2, 0) is 6.54 Å². The van der Waals surface area contributed by atoms with Gasteiger partial charge in [0.25, 0.3) is 5.91 Å². The number of hydrogen-bond acceptors (Lipinski definition) is 6. The van der Waals surface area contributed by atoms with Crippen molar-refractivity contribution in [1.82, 2.24) is 19.7 Å². The van der Waals surface area contributed by atoms with Crippen molar-refractivity contribution in [3.8, 4) is 23.0 Å². The summed E-state index contributed by atoms with van der Waals surface area (Å²) in [7, 11) is 1.62. The van der Waals surface area contributed by atoms with Gasteiger partial charge < -0.3 is 24.9 Å². The fourth-order valence-electron chi connectivity index (χ4n) is 3.90. The lowest BCUT2D eigenvalue weighted by Crippen LogP contribution is -2.13. The number of aliphatic hydroxyl groups is 1. The van der Waals surface area contributed by atoms with Crippen molar-refractivity contribution in [3.05, 3.63) is 87.4 Å². The highest BCUT2D eigenvalue weighted by molar-refractivity contribution is 9.10. The molecule has 3 N–H and O–H groups in total. The summed E-state index contributed by atoms with van der Waals surface area (Å²) in [6.45, 7) is 0.416. The second kappa shape index (κ2) is 11.3. The van der Waals surface area contributed by atoms with Crippen LogP contribution in [0.4, 0.5) is 5.82 Å². The quantitative estimate of drug-likeness (QED) is 0.206. The van der Waals surface area contributed by atoms with Gasteiger partial charge in [-0.15, -0.1) is 0 Å². The Morgan fingerprint density at radius 3 is 2.68 bits per heavy atom. The highest BCUT2D eigenvalue weighted by Gasteiger charge is 2.17. The molecule has 0 aliphatic carbocycles. The minimum atomic E-state index is -0.380. The number of carbonyl (C=O) groups is 1. The van der Waals surface area contributed by atoms with Gasteiger partial charge in [-0.1, -0.05) is 39.7 Å². The average molecular weight is 597 g/mol. The van der Waals surface area contributed by atoms with Crippen LogP contribution in [0.25, 0.3) is 22.6 Å². The van der Waals surface area contributed by atoms with E-state index in [1.165, 1.54) is 6.07 Å². The fraction of sp³-hybridized carbons (Fsp3) is 0.148. The summed E-state index contributed by atoms with van der Waals surface area (Å²) in [6.07, 6.45) is 0. The number of methoxy groups -OCH3 is 1. The predicted molar refractivity (Wildman–Crippen MR) is 149 cm³/mol. The average Bonchev–Trinajstić information content (AvgIpc) is 3.51. The molecule has 2 aromatic heterocycles. The highest BCUT2D eigenvalue weighted by Crippen LogP contribution is 2.28. The summed E-state index contributed by atoms with van der Waals surface area (Å²) in [6, 6.07) is 20.0. The standard InChI is InChI=1S/C27H23BrClN5O4/c1-37-19-6-2-16(3-7-19)15-34-23(26-30-21-8-5-18(28)13-22(21)31-26)14-25(33-34)32-27(36)17-4-9-24(20(29)12-17)38-11-10-35/h2-9,12-14,35H,10-11,15H2,1H3,(H,30,31)(H,32,33,36). The number of aromatic nitrogens is 4. The van der Waals surface area contributed by atoms with E-state index in [2.05, 4.69) is 31.3 Å². The van der Waals surface area contributed by atoms with Gasteiger partial charge in [-0.05, 0) is 54.1 Å². The number of ether oxygens (including phenoxy) is 2. The Labute approximate surface area is 231 Å². The molecule has 0 fully saturated rings. The molecule has 1 amide bonds. The SMILES string of the molecule is COc1ccc(Cn2nc(NC(=O)c3ccc(OCCO)c(Cl)c3)cc2-c2nc3cc(Br)ccc3[nH]2)cc1. The van der Waals surface area contributed by atoms with Crippen molar-refractivity contribution < 1.29 is 19.4 Å². The molecular weight excluding hydrogens is 574 g/mol. The number of halogens is 2. The van der Waals surface area contributed by atoms with Gasteiger partial charge in [-0.3, -0.25) is 9.48 Å². The van der Waals surface area contributed by atoms with Crippen LogP contribution in [0.3, 0.4) is 0 Å². The minimum Gasteiger partial charge on any atom is -0.497 e. The lowest BCUT2D eigenvalue weighted by molar-refractivity contribution is 0.102. The van der Waals surface area contributed by atoms with Gasteiger partial charge in [0.15, 0.2) is 11.6 Å². The third kappa shape index (κ3) is 5.67. The number of amides is 1. The zero-order valence-electron chi connectivity index (χ0n) is 20.2. The molecule has 0 aliphatic rings. The number of nitrogens with zero attached hydrogens (tertiary/aromatic N) is 3. The van der Waals surface area contributed by atoms with E-state index in [1.807, 2.05) is 42.5 Å². The maximum absolute atomic E-state index is 13.0. The van der Waals surface area contributed by atoms with Gasteiger partial charge >= 0.3 is 0 Å². The third-order valence-electron chi connectivity index (χ3n) is 5.74. The number of rotatable bonds is 9. The molecule has 9 nitrogen and oxygen atoms in total. The summed E-state index contributed by atoms with van der Waals surface area (Å²) >= 11 is 9.74. The Morgan fingerprint density at radius 1 is 1.13 bits per heavy atom. The molecule has 0 bridgehead atoms. The van der Waals surface area contributed by atoms with Crippen molar-refractivity contribution in [1.29, 1.82) is 0 Å². The molecule has 194 valence electrons. The smallest absolute Gasteiger partial charge is 0.256 e. The zero-order valence-corrected chi connectivity index (χ0v) is 22.6. The predicted octanol–water partition coefficient (Wildman–Crippen LogP) is 5.52. The molecule has 2 heterocycles. The number of nitrogens with one attached hydrogen (secondary N) is 2. The maximum atomic E-state index is 13.0. The van der Waals surface area contributed by atoms with Crippen LogP contribution in [0.1, 0.15) is 15.9 Å². The van der Waals surface area contributed by atoms with Crippen LogP contribution in [0.15, 0.2) is 71.2 Å². The molecule has 11 heteroatoms. The summed E-state index contributed by atoms with van der Waals surface area (Å²) in [4.78, 5) is 21.1. The first-order valence-corrected chi connectivity index (χ1v) is 12.8. The van der Waals surface area contributed by atoms with E-state index in [0.717, 1.165) is 26.8 Å². The molecule has 0 saturated heterocycles. The molecule has 3 aromatic carbocycles. The maximum Gasteiger partial charge on any atom is 0.256 e. The Morgan fingerprint density at radius 2 is 1.95 bits per heavy atom. The molecule has 0 atom stereocenters. The van der Waals surface area contributed by atoms with Gasteiger partial charge in [0.2, 0.25) is 0 Å². The van der Waals surface area contributed by atoms with E-state index in [4.69, 9.17) is 31.2 Å². The Balaban J connectivity index is 1.45. The van der Waals surface area contributed by atoms with Crippen LogP contribution in [-0.4, -0.2) is 51.1 Å². The summed E-state index contributed by atoms with van der Waals surface area (Å²) in [5, 5.41) is 16.7. The lowest BCUT2D eigenvalue weighted by atomic mass is 10.2. The number of aliphatic hydroxyl groups excluding tert-OH is 1. The molecule has 38 heavy (non-hydrogen) atoms. The Hall–Kier alpha value is -3.86. The molecule has 0 saturated carbocycles. The number of benzene rings is 3. The van der Waals surface area contributed by atoms with Crippen molar-refractivity contribution in [2.24, 2.45) is 0 Å². The number of H-pyrrole nitrogens is 1. The number of aromatic amines is 1. The van der Waals surface area contributed by atoms with E-state index in [9.17, 15) is 4.79 Å². The van der Waals surface area contributed by atoms with Crippen LogP contribution in [0.2, 0.25) is 5.02 Å². The van der Waals surface area contributed by atoms with Crippen molar-refractivity contribution >= 4 is 50.3 Å². The number of anilines is 1. The minimum absolute atomic E-state index is 0.110. The molecule has 0 radical (unpaired) electrons. The van der Waals surface area contributed by atoms with Crippen molar-refractivity contribution in [3.63, 3.8) is 0 Å². The molecule has 0 aliphatic heterocycles. The van der Waals surface area contributed by atoms with E-state index >= 15 is 0 Å². The first-order valence-electron chi connectivity index (χ1n) is 11.6. The molecule has 5 rings (SSSR count).